The highest BCUT2D eigenvalue weighted by Crippen LogP contribution is 2.27. The predicted molar refractivity (Wildman–Crippen MR) is 83.4 cm³/mol. The maximum Gasteiger partial charge on any atom is 0.337 e. The van der Waals surface area contributed by atoms with E-state index >= 15 is 0 Å². The molecule has 1 aromatic heterocycles. The van der Waals surface area contributed by atoms with Gasteiger partial charge in [-0.25, -0.2) is 9.78 Å². The molecule has 1 saturated heterocycles. The molecule has 3 heterocycles. The average molecular weight is 320 g/mol. The molecule has 0 aromatic carbocycles. The van der Waals surface area contributed by atoms with Crippen molar-refractivity contribution < 1.29 is 14.3 Å². The number of hydrogen-bond donors (Lipinski definition) is 0. The molecular formula is C16H24N4O3. The molecule has 0 N–H and O–H groups in total. The summed E-state index contributed by atoms with van der Waals surface area (Å²) < 4.78 is 12.6. The minimum atomic E-state index is -0.271. The van der Waals surface area contributed by atoms with E-state index in [-0.39, 0.29) is 12.1 Å². The van der Waals surface area contributed by atoms with Crippen LogP contribution in [0.15, 0.2) is 24.0 Å². The first-order valence-electron chi connectivity index (χ1n) is 8.15. The van der Waals surface area contributed by atoms with Gasteiger partial charge in [-0.3, -0.25) is 9.58 Å². The molecule has 0 amide bonds. The van der Waals surface area contributed by atoms with E-state index in [1.54, 1.807) is 12.7 Å². The Kier molecular flexibility index (Phi) is 4.95. The van der Waals surface area contributed by atoms with Gasteiger partial charge in [0.15, 0.2) is 0 Å². The fourth-order valence-corrected chi connectivity index (χ4v) is 3.53. The third kappa shape index (κ3) is 3.90. The second-order valence-corrected chi connectivity index (χ2v) is 6.36. The molecular weight excluding hydrogens is 296 g/mol. The van der Waals surface area contributed by atoms with Crippen molar-refractivity contribution in [2.24, 2.45) is 5.92 Å². The topological polar surface area (TPSA) is 69.5 Å². The van der Waals surface area contributed by atoms with Crippen LogP contribution >= 0.6 is 0 Å². The van der Waals surface area contributed by atoms with Crippen molar-refractivity contribution in [1.82, 2.24) is 19.7 Å². The van der Waals surface area contributed by atoms with Crippen LogP contribution in [0.25, 0.3) is 0 Å². The van der Waals surface area contributed by atoms with Gasteiger partial charge in [0.2, 0.25) is 0 Å². The number of ether oxygens (including phenoxy) is 2. The Labute approximate surface area is 136 Å². The molecule has 0 spiro atoms. The van der Waals surface area contributed by atoms with Crippen molar-refractivity contribution in [3.63, 3.8) is 0 Å². The Morgan fingerprint density at radius 1 is 1.48 bits per heavy atom. The second-order valence-electron chi connectivity index (χ2n) is 6.36. The Bertz CT molecular complexity index is 570. The quantitative estimate of drug-likeness (QED) is 0.760. The molecule has 2 aliphatic rings. The summed E-state index contributed by atoms with van der Waals surface area (Å²) >= 11 is 0. The number of nitrogens with zero attached hydrogens (tertiary/aromatic N) is 4. The Morgan fingerprint density at radius 3 is 3.09 bits per heavy atom. The molecule has 7 nitrogen and oxygen atoms in total. The highest BCUT2D eigenvalue weighted by atomic mass is 16.5. The molecule has 0 radical (unpaired) electrons. The number of likely N-dealkylation sites (tertiary alicyclic amines) is 1. The van der Waals surface area contributed by atoms with Crippen LogP contribution in [0.2, 0.25) is 0 Å². The maximum absolute atomic E-state index is 11.7. The van der Waals surface area contributed by atoms with Gasteiger partial charge in [-0.15, -0.1) is 0 Å². The zero-order valence-corrected chi connectivity index (χ0v) is 13.8. The van der Waals surface area contributed by atoms with E-state index in [2.05, 4.69) is 15.0 Å². The van der Waals surface area contributed by atoms with Crippen molar-refractivity contribution in [2.45, 2.75) is 38.8 Å². The van der Waals surface area contributed by atoms with Crippen LogP contribution < -0.4 is 0 Å². The van der Waals surface area contributed by atoms with Gasteiger partial charge in [-0.05, 0) is 32.2 Å². The molecule has 126 valence electrons. The smallest absolute Gasteiger partial charge is 0.337 e. The van der Waals surface area contributed by atoms with Crippen LogP contribution in [-0.2, 0) is 20.8 Å². The average Bonchev–Trinajstić information content (AvgIpc) is 3.17. The number of methoxy groups -OCH3 is 1. The Morgan fingerprint density at radius 2 is 2.35 bits per heavy atom. The van der Waals surface area contributed by atoms with E-state index in [0.717, 1.165) is 26.2 Å². The van der Waals surface area contributed by atoms with Crippen molar-refractivity contribution >= 4 is 5.97 Å². The first kappa shape index (κ1) is 16.0. The van der Waals surface area contributed by atoms with Gasteiger partial charge in [-0.2, -0.15) is 5.10 Å². The molecule has 2 unspecified atom stereocenters. The summed E-state index contributed by atoms with van der Waals surface area (Å²) in [5.41, 5.74) is 0.675. The molecule has 2 atom stereocenters. The van der Waals surface area contributed by atoms with Gasteiger partial charge in [0, 0.05) is 26.1 Å². The number of piperidine rings is 1. The summed E-state index contributed by atoms with van der Waals surface area (Å²) in [6.07, 6.45) is 6.44. The number of hydrogen-bond acceptors (Lipinski definition) is 6. The fourth-order valence-electron chi connectivity index (χ4n) is 3.53. The third-order valence-electron chi connectivity index (χ3n) is 4.61. The standard InChI is InChI=1S/C16H24N4O3/c1-12-15(16(21)22-2)6-14(23-12)9-19-5-3-4-13(7-19)8-20-11-17-10-18-20/h10-11,13-14H,3-9H2,1-2H3. The molecule has 23 heavy (non-hydrogen) atoms. The SMILES string of the molecule is COC(=O)C1=C(C)OC(CN2CCCC(Cn3cncn3)C2)C1. The van der Waals surface area contributed by atoms with Gasteiger partial charge in [0.25, 0.3) is 0 Å². The highest BCUT2D eigenvalue weighted by molar-refractivity contribution is 5.89. The summed E-state index contributed by atoms with van der Waals surface area (Å²) in [7, 11) is 1.41. The number of carbonyl (C=O) groups is 1. The van der Waals surface area contributed by atoms with Gasteiger partial charge in [0.1, 0.15) is 24.5 Å². The van der Waals surface area contributed by atoms with E-state index in [1.807, 2.05) is 11.6 Å². The molecule has 0 aliphatic carbocycles. The molecule has 0 bridgehead atoms. The summed E-state index contributed by atoms with van der Waals surface area (Å²) in [6, 6.07) is 0. The zero-order valence-electron chi connectivity index (χ0n) is 13.8. The fraction of sp³-hybridized carbons (Fsp3) is 0.688. The minimum absolute atomic E-state index is 0.0502. The number of allylic oxidation sites excluding steroid dienone is 1. The number of esters is 1. The van der Waals surface area contributed by atoms with Gasteiger partial charge in [-0.1, -0.05) is 0 Å². The van der Waals surface area contributed by atoms with Gasteiger partial charge < -0.3 is 9.47 Å². The minimum Gasteiger partial charge on any atom is -0.493 e. The monoisotopic (exact) mass is 320 g/mol. The lowest BCUT2D eigenvalue weighted by Gasteiger charge is -2.34. The summed E-state index contributed by atoms with van der Waals surface area (Å²) in [5, 5.41) is 4.19. The van der Waals surface area contributed by atoms with E-state index in [1.165, 1.54) is 20.0 Å². The molecule has 2 aliphatic heterocycles. The normalized spacial score (nSPS) is 25.5. The summed E-state index contributed by atoms with van der Waals surface area (Å²) in [4.78, 5) is 18.1. The van der Waals surface area contributed by atoms with Crippen LogP contribution in [-0.4, -0.2) is 58.5 Å². The lowest BCUT2D eigenvalue weighted by atomic mass is 9.97. The second kappa shape index (κ2) is 7.12. The van der Waals surface area contributed by atoms with Crippen LogP contribution in [0.5, 0.6) is 0 Å². The zero-order chi connectivity index (χ0) is 16.2. The third-order valence-corrected chi connectivity index (χ3v) is 4.61. The number of rotatable bonds is 5. The van der Waals surface area contributed by atoms with Crippen molar-refractivity contribution in [3.8, 4) is 0 Å². The molecule has 1 fully saturated rings. The molecule has 7 heteroatoms. The van der Waals surface area contributed by atoms with Crippen molar-refractivity contribution in [2.75, 3.05) is 26.7 Å². The van der Waals surface area contributed by atoms with E-state index in [4.69, 9.17) is 9.47 Å². The van der Waals surface area contributed by atoms with Crippen LogP contribution in [0.4, 0.5) is 0 Å². The van der Waals surface area contributed by atoms with Crippen LogP contribution in [0.1, 0.15) is 26.2 Å². The van der Waals surface area contributed by atoms with Crippen LogP contribution in [0.3, 0.4) is 0 Å². The van der Waals surface area contributed by atoms with Gasteiger partial charge in [0.05, 0.1) is 12.7 Å². The lowest BCUT2D eigenvalue weighted by Crippen LogP contribution is -2.41. The first-order chi connectivity index (χ1) is 11.2. The Hall–Kier alpha value is -1.89. The number of aromatic nitrogens is 3. The molecule has 3 rings (SSSR count). The predicted octanol–water partition coefficient (Wildman–Crippen LogP) is 1.23. The largest absolute Gasteiger partial charge is 0.493 e. The van der Waals surface area contributed by atoms with Crippen molar-refractivity contribution in [3.05, 3.63) is 24.0 Å². The summed E-state index contributed by atoms with van der Waals surface area (Å²) in [5.74, 6) is 1.02. The van der Waals surface area contributed by atoms with Crippen molar-refractivity contribution in [1.29, 1.82) is 0 Å². The van der Waals surface area contributed by atoms with Crippen LogP contribution in [0, 0.1) is 5.92 Å². The first-order valence-corrected chi connectivity index (χ1v) is 8.15. The molecule has 0 saturated carbocycles. The van der Waals surface area contributed by atoms with E-state index < -0.39 is 0 Å². The lowest BCUT2D eigenvalue weighted by molar-refractivity contribution is -0.136. The Balaban J connectivity index is 1.50. The van der Waals surface area contributed by atoms with Gasteiger partial charge >= 0.3 is 5.97 Å². The van der Waals surface area contributed by atoms with E-state index in [0.29, 0.717) is 23.7 Å². The van der Waals surface area contributed by atoms with E-state index in [9.17, 15) is 4.79 Å². The molecule has 1 aromatic rings. The maximum atomic E-state index is 11.7. The highest BCUT2D eigenvalue weighted by Gasteiger charge is 2.31. The number of carbonyl (C=O) groups excluding carboxylic acids is 1. The summed E-state index contributed by atoms with van der Waals surface area (Å²) in [6.45, 7) is 5.72.